The molecule has 1 aromatic carbocycles. The molecule has 3 unspecified atom stereocenters. The van der Waals surface area contributed by atoms with E-state index in [1.807, 2.05) is 0 Å². The highest BCUT2D eigenvalue weighted by Gasteiger charge is 2.26. The van der Waals surface area contributed by atoms with Crippen LogP contribution in [0.4, 0.5) is 5.69 Å². The zero-order chi connectivity index (χ0) is 12.5. The summed E-state index contributed by atoms with van der Waals surface area (Å²) in [7, 11) is 0. The maximum Gasteiger partial charge on any atom is 0.0372 e. The molecular formula is C17H25N. The van der Waals surface area contributed by atoms with Crippen molar-refractivity contribution in [3.05, 3.63) is 29.3 Å². The average Bonchev–Trinajstić information content (AvgIpc) is 2.41. The van der Waals surface area contributed by atoms with E-state index < -0.39 is 0 Å². The Bertz CT molecular complexity index is 424. The summed E-state index contributed by atoms with van der Waals surface area (Å²) in [4.78, 5) is 0. The van der Waals surface area contributed by atoms with E-state index in [1.54, 1.807) is 11.1 Å². The number of hydrogen-bond donors (Lipinski definition) is 1. The SMILES string of the molecule is CC1CCC(c2ccc3c(c2)CCCN3)CC1C. The van der Waals surface area contributed by atoms with E-state index in [1.165, 1.54) is 37.8 Å². The highest BCUT2D eigenvalue weighted by atomic mass is 14.9. The molecule has 1 aromatic rings. The van der Waals surface area contributed by atoms with Gasteiger partial charge in [0.1, 0.15) is 0 Å². The molecular weight excluding hydrogens is 218 g/mol. The van der Waals surface area contributed by atoms with Gasteiger partial charge in [0.05, 0.1) is 0 Å². The fraction of sp³-hybridized carbons (Fsp3) is 0.647. The molecule has 0 bridgehead atoms. The number of anilines is 1. The molecule has 18 heavy (non-hydrogen) atoms. The van der Waals surface area contributed by atoms with Crippen molar-refractivity contribution < 1.29 is 0 Å². The molecule has 1 nitrogen and oxygen atoms in total. The molecule has 98 valence electrons. The molecule has 0 amide bonds. The Morgan fingerprint density at radius 1 is 1.11 bits per heavy atom. The number of nitrogens with one attached hydrogen (secondary N) is 1. The maximum absolute atomic E-state index is 3.51. The predicted octanol–water partition coefficient (Wildman–Crippen LogP) is 4.58. The number of benzene rings is 1. The van der Waals surface area contributed by atoms with Crippen molar-refractivity contribution in [2.45, 2.75) is 51.9 Å². The van der Waals surface area contributed by atoms with Gasteiger partial charge in [-0.05, 0) is 67.1 Å². The van der Waals surface area contributed by atoms with E-state index >= 15 is 0 Å². The first-order chi connectivity index (χ1) is 8.74. The van der Waals surface area contributed by atoms with Gasteiger partial charge < -0.3 is 5.32 Å². The van der Waals surface area contributed by atoms with Crippen LogP contribution in [0.5, 0.6) is 0 Å². The Morgan fingerprint density at radius 2 is 2.00 bits per heavy atom. The van der Waals surface area contributed by atoms with Crippen LogP contribution >= 0.6 is 0 Å². The molecule has 0 aromatic heterocycles. The summed E-state index contributed by atoms with van der Waals surface area (Å²) < 4.78 is 0. The second-order valence-electron chi connectivity index (χ2n) is 6.41. The van der Waals surface area contributed by atoms with Crippen LogP contribution in [0.2, 0.25) is 0 Å². The Kier molecular flexibility index (Phi) is 3.32. The zero-order valence-electron chi connectivity index (χ0n) is 11.7. The number of fused-ring (bicyclic) bond motifs is 1. The topological polar surface area (TPSA) is 12.0 Å². The minimum atomic E-state index is 0.809. The fourth-order valence-electron chi connectivity index (χ4n) is 3.60. The van der Waals surface area contributed by atoms with Crippen molar-refractivity contribution in [2.75, 3.05) is 11.9 Å². The Labute approximate surface area is 111 Å². The van der Waals surface area contributed by atoms with E-state index in [2.05, 4.69) is 37.4 Å². The molecule has 3 rings (SSSR count). The first-order valence-electron chi connectivity index (χ1n) is 7.60. The fourth-order valence-corrected chi connectivity index (χ4v) is 3.60. The van der Waals surface area contributed by atoms with Gasteiger partial charge in [-0.15, -0.1) is 0 Å². The van der Waals surface area contributed by atoms with Crippen molar-refractivity contribution in [3.8, 4) is 0 Å². The van der Waals surface area contributed by atoms with Crippen LogP contribution in [0.15, 0.2) is 18.2 Å². The highest BCUT2D eigenvalue weighted by Crippen LogP contribution is 2.40. The maximum atomic E-state index is 3.51. The Hall–Kier alpha value is -0.980. The lowest BCUT2D eigenvalue weighted by Crippen LogP contribution is -2.20. The van der Waals surface area contributed by atoms with Crippen molar-refractivity contribution in [1.29, 1.82) is 0 Å². The third-order valence-electron chi connectivity index (χ3n) is 5.14. The van der Waals surface area contributed by atoms with Gasteiger partial charge in [0.2, 0.25) is 0 Å². The van der Waals surface area contributed by atoms with Gasteiger partial charge in [-0.1, -0.05) is 26.0 Å². The van der Waals surface area contributed by atoms with Crippen molar-refractivity contribution in [3.63, 3.8) is 0 Å². The Balaban J connectivity index is 1.80. The molecule has 2 aliphatic rings. The Morgan fingerprint density at radius 3 is 2.83 bits per heavy atom. The van der Waals surface area contributed by atoms with Crippen molar-refractivity contribution in [2.24, 2.45) is 11.8 Å². The van der Waals surface area contributed by atoms with Crippen LogP contribution in [0.25, 0.3) is 0 Å². The smallest absolute Gasteiger partial charge is 0.0372 e. The normalized spacial score (nSPS) is 31.6. The molecule has 0 saturated heterocycles. The van der Waals surface area contributed by atoms with Crippen LogP contribution in [-0.2, 0) is 6.42 Å². The van der Waals surface area contributed by atoms with Gasteiger partial charge >= 0.3 is 0 Å². The molecule has 1 aliphatic carbocycles. The summed E-state index contributed by atoms with van der Waals surface area (Å²) >= 11 is 0. The summed E-state index contributed by atoms with van der Waals surface area (Å²) in [5.74, 6) is 2.61. The quantitative estimate of drug-likeness (QED) is 0.761. The standard InChI is InChI=1S/C17H25N/c1-12-5-6-14(10-13(12)2)15-7-8-17-16(11-15)4-3-9-18-17/h7-8,11-14,18H,3-6,9-10H2,1-2H3. The monoisotopic (exact) mass is 243 g/mol. The first-order valence-corrected chi connectivity index (χ1v) is 7.60. The van der Waals surface area contributed by atoms with Gasteiger partial charge in [0, 0.05) is 12.2 Å². The van der Waals surface area contributed by atoms with Crippen LogP contribution in [0.1, 0.15) is 56.6 Å². The van der Waals surface area contributed by atoms with Gasteiger partial charge in [0.15, 0.2) is 0 Å². The minimum absolute atomic E-state index is 0.809. The molecule has 1 N–H and O–H groups in total. The zero-order valence-corrected chi connectivity index (χ0v) is 11.7. The van der Waals surface area contributed by atoms with E-state index in [0.29, 0.717) is 0 Å². The van der Waals surface area contributed by atoms with Gasteiger partial charge in [0.25, 0.3) is 0 Å². The van der Waals surface area contributed by atoms with Gasteiger partial charge in [-0.25, -0.2) is 0 Å². The third-order valence-corrected chi connectivity index (χ3v) is 5.14. The lowest BCUT2D eigenvalue weighted by atomic mass is 9.73. The summed E-state index contributed by atoms with van der Waals surface area (Å²) in [6.45, 7) is 5.98. The van der Waals surface area contributed by atoms with Crippen LogP contribution in [-0.4, -0.2) is 6.54 Å². The van der Waals surface area contributed by atoms with Crippen LogP contribution in [0, 0.1) is 11.8 Å². The van der Waals surface area contributed by atoms with Gasteiger partial charge in [-0.3, -0.25) is 0 Å². The van der Waals surface area contributed by atoms with Gasteiger partial charge in [-0.2, -0.15) is 0 Å². The molecule has 1 saturated carbocycles. The summed E-state index contributed by atoms with van der Waals surface area (Å²) in [6.07, 6.45) is 6.72. The molecule has 1 heterocycles. The molecule has 1 heteroatoms. The summed E-state index contributed by atoms with van der Waals surface area (Å²) in [6, 6.07) is 7.16. The molecule has 1 fully saturated rings. The van der Waals surface area contributed by atoms with Crippen molar-refractivity contribution in [1.82, 2.24) is 0 Å². The van der Waals surface area contributed by atoms with E-state index in [9.17, 15) is 0 Å². The summed E-state index contributed by atoms with van der Waals surface area (Å²) in [5.41, 5.74) is 4.52. The predicted molar refractivity (Wildman–Crippen MR) is 78.2 cm³/mol. The molecule has 0 spiro atoms. The minimum Gasteiger partial charge on any atom is -0.385 e. The molecule has 1 aliphatic heterocycles. The number of rotatable bonds is 1. The average molecular weight is 243 g/mol. The van der Waals surface area contributed by atoms with Crippen LogP contribution < -0.4 is 5.32 Å². The number of hydrogen-bond acceptors (Lipinski definition) is 1. The van der Waals surface area contributed by atoms with E-state index in [-0.39, 0.29) is 0 Å². The van der Waals surface area contributed by atoms with Crippen molar-refractivity contribution >= 4 is 5.69 Å². The first kappa shape index (κ1) is 12.1. The largest absolute Gasteiger partial charge is 0.385 e. The summed E-state index contributed by atoms with van der Waals surface area (Å²) in [5, 5.41) is 3.51. The second-order valence-corrected chi connectivity index (χ2v) is 6.41. The molecule has 3 atom stereocenters. The third kappa shape index (κ3) is 2.28. The van der Waals surface area contributed by atoms with E-state index in [4.69, 9.17) is 0 Å². The van der Waals surface area contributed by atoms with Crippen LogP contribution in [0.3, 0.4) is 0 Å². The second kappa shape index (κ2) is 4.95. The highest BCUT2D eigenvalue weighted by molar-refractivity contribution is 5.54. The lowest BCUT2D eigenvalue weighted by molar-refractivity contribution is 0.250. The molecule has 0 radical (unpaired) electrons. The number of aryl methyl sites for hydroxylation is 1. The van der Waals surface area contributed by atoms with E-state index in [0.717, 1.165) is 24.3 Å². The lowest BCUT2D eigenvalue weighted by Gasteiger charge is -2.33.